The molecule has 2 aromatic rings. The summed E-state index contributed by atoms with van der Waals surface area (Å²) in [5, 5.41) is 6.99. The molecule has 0 aliphatic carbocycles. The molecule has 2 fully saturated rings. The van der Waals surface area contributed by atoms with Crippen molar-refractivity contribution < 1.29 is 9.53 Å². The lowest BCUT2D eigenvalue weighted by Crippen LogP contribution is -2.35. The highest BCUT2D eigenvalue weighted by molar-refractivity contribution is 7.80. The van der Waals surface area contributed by atoms with Gasteiger partial charge in [0.15, 0.2) is 5.11 Å². The molecule has 2 aromatic carbocycles. The third kappa shape index (κ3) is 6.92. The number of rotatable bonds is 6. The minimum atomic E-state index is 0.116. The number of ether oxygens (including phenoxy) is 1. The fourth-order valence-corrected chi connectivity index (χ4v) is 4.50. The van der Waals surface area contributed by atoms with Gasteiger partial charge in [0.1, 0.15) is 11.9 Å². The van der Waals surface area contributed by atoms with Crippen LogP contribution in [0.15, 0.2) is 48.5 Å². The molecule has 0 spiro atoms. The van der Waals surface area contributed by atoms with Crippen molar-refractivity contribution in [2.24, 2.45) is 0 Å². The molecule has 2 aliphatic heterocycles. The van der Waals surface area contributed by atoms with Crippen LogP contribution in [0.1, 0.15) is 48.0 Å². The maximum absolute atomic E-state index is 12.6. The number of thiocarbonyl (C=S) groups is 1. The zero-order chi connectivity index (χ0) is 23.0. The largest absolute Gasteiger partial charge is 0.490 e. The summed E-state index contributed by atoms with van der Waals surface area (Å²) in [6, 6.07) is 15.7. The molecule has 0 radical (unpaired) electrons. The Morgan fingerprint density at radius 3 is 2.30 bits per heavy atom. The molecule has 0 saturated carbocycles. The van der Waals surface area contributed by atoms with Gasteiger partial charge in [0.05, 0.1) is 0 Å². The van der Waals surface area contributed by atoms with Crippen molar-refractivity contribution in [3.05, 3.63) is 59.7 Å². The van der Waals surface area contributed by atoms with E-state index in [0.29, 0.717) is 17.8 Å². The summed E-state index contributed by atoms with van der Waals surface area (Å²) in [6.07, 6.45) is 5.87. The standard InChI is InChI=1S/C26H34N4O2S/c1-29-17-13-24(14-18-29)32-23-11-5-20(6-12-23)19-27-26(33)28-22-9-7-21(8-10-22)25(31)30-15-3-2-4-16-30/h5-12,24H,2-4,13-19H2,1H3,(H2,27,28,33). The fourth-order valence-electron chi connectivity index (χ4n) is 4.31. The number of likely N-dealkylation sites (tertiary alicyclic amines) is 2. The quantitative estimate of drug-likeness (QED) is 0.620. The maximum atomic E-state index is 12.6. The van der Waals surface area contributed by atoms with Crippen LogP contribution in [0.4, 0.5) is 5.69 Å². The predicted octanol–water partition coefficient (Wildman–Crippen LogP) is 4.27. The highest BCUT2D eigenvalue weighted by Gasteiger charge is 2.19. The van der Waals surface area contributed by atoms with Crippen LogP contribution in [0.2, 0.25) is 0 Å². The molecule has 0 unspecified atom stereocenters. The molecule has 176 valence electrons. The second kappa shape index (κ2) is 11.5. The molecule has 0 bridgehead atoms. The topological polar surface area (TPSA) is 56.8 Å². The Kier molecular flexibility index (Phi) is 8.18. The van der Waals surface area contributed by atoms with Crippen molar-refractivity contribution in [2.75, 3.05) is 38.5 Å². The van der Waals surface area contributed by atoms with Crippen LogP contribution in [0.25, 0.3) is 0 Å². The summed E-state index contributed by atoms with van der Waals surface area (Å²) in [5.74, 6) is 1.04. The van der Waals surface area contributed by atoms with Gasteiger partial charge >= 0.3 is 0 Å². The summed E-state index contributed by atoms with van der Waals surface area (Å²) in [6.45, 7) is 4.53. The number of amides is 1. The molecule has 1 amide bonds. The van der Waals surface area contributed by atoms with Gasteiger partial charge in [0.25, 0.3) is 5.91 Å². The second-order valence-corrected chi connectivity index (χ2v) is 9.41. The zero-order valence-electron chi connectivity index (χ0n) is 19.4. The second-order valence-electron chi connectivity index (χ2n) is 9.00. The van der Waals surface area contributed by atoms with Crippen LogP contribution in [0, 0.1) is 0 Å². The molecular weight excluding hydrogens is 432 g/mol. The first-order valence-corrected chi connectivity index (χ1v) is 12.4. The number of nitrogens with zero attached hydrogens (tertiary/aromatic N) is 2. The smallest absolute Gasteiger partial charge is 0.253 e. The summed E-state index contributed by atoms with van der Waals surface area (Å²) in [5.41, 5.74) is 2.73. The van der Waals surface area contributed by atoms with Crippen LogP contribution in [-0.4, -0.2) is 60.2 Å². The van der Waals surface area contributed by atoms with E-state index in [9.17, 15) is 4.79 Å². The number of carbonyl (C=O) groups excluding carboxylic acids is 1. The minimum absolute atomic E-state index is 0.116. The van der Waals surface area contributed by atoms with Gasteiger partial charge < -0.3 is 25.2 Å². The number of hydrogen-bond donors (Lipinski definition) is 2. The Morgan fingerprint density at radius 2 is 1.64 bits per heavy atom. The van der Waals surface area contributed by atoms with Crippen LogP contribution in [0.5, 0.6) is 5.75 Å². The van der Waals surface area contributed by atoms with E-state index in [4.69, 9.17) is 17.0 Å². The Morgan fingerprint density at radius 1 is 0.970 bits per heavy atom. The van der Waals surface area contributed by atoms with E-state index in [-0.39, 0.29) is 5.91 Å². The predicted molar refractivity (Wildman–Crippen MR) is 137 cm³/mol. The van der Waals surface area contributed by atoms with E-state index in [1.807, 2.05) is 41.3 Å². The SMILES string of the molecule is CN1CCC(Oc2ccc(CNC(=S)Nc3ccc(C(=O)N4CCCCC4)cc3)cc2)CC1. The summed E-state index contributed by atoms with van der Waals surface area (Å²) in [7, 11) is 2.16. The van der Waals surface area contributed by atoms with E-state index in [1.165, 1.54) is 6.42 Å². The molecule has 2 heterocycles. The first-order valence-electron chi connectivity index (χ1n) is 12.0. The van der Waals surface area contributed by atoms with Crippen molar-refractivity contribution in [3.63, 3.8) is 0 Å². The highest BCUT2D eigenvalue weighted by Crippen LogP contribution is 2.19. The Hall–Kier alpha value is -2.64. The lowest BCUT2D eigenvalue weighted by atomic mass is 10.1. The first-order chi connectivity index (χ1) is 16.1. The molecule has 0 atom stereocenters. The van der Waals surface area contributed by atoms with Crippen LogP contribution < -0.4 is 15.4 Å². The number of anilines is 1. The van der Waals surface area contributed by atoms with Crippen molar-refractivity contribution >= 4 is 28.9 Å². The average Bonchev–Trinajstić information content (AvgIpc) is 2.85. The zero-order valence-corrected chi connectivity index (χ0v) is 20.2. The molecule has 33 heavy (non-hydrogen) atoms. The third-order valence-electron chi connectivity index (χ3n) is 6.38. The van der Waals surface area contributed by atoms with Crippen LogP contribution in [-0.2, 0) is 6.54 Å². The number of benzene rings is 2. The molecule has 4 rings (SSSR count). The molecule has 2 aliphatic rings. The first kappa shape index (κ1) is 23.5. The number of carbonyl (C=O) groups is 1. The van der Waals surface area contributed by atoms with E-state index >= 15 is 0 Å². The van der Waals surface area contributed by atoms with Crippen LogP contribution in [0.3, 0.4) is 0 Å². The summed E-state index contributed by atoms with van der Waals surface area (Å²) in [4.78, 5) is 16.9. The van der Waals surface area contributed by atoms with E-state index in [0.717, 1.165) is 74.4 Å². The van der Waals surface area contributed by atoms with Gasteiger partial charge in [-0.05, 0) is 93.3 Å². The van der Waals surface area contributed by atoms with Crippen molar-refractivity contribution in [3.8, 4) is 5.75 Å². The van der Waals surface area contributed by atoms with Gasteiger partial charge in [-0.25, -0.2) is 0 Å². The Bertz CT molecular complexity index is 918. The van der Waals surface area contributed by atoms with Crippen molar-refractivity contribution in [1.82, 2.24) is 15.1 Å². The lowest BCUT2D eigenvalue weighted by molar-refractivity contribution is 0.0724. The van der Waals surface area contributed by atoms with Gasteiger partial charge in [-0.3, -0.25) is 4.79 Å². The monoisotopic (exact) mass is 466 g/mol. The Labute approximate surface area is 202 Å². The Balaban J connectivity index is 1.21. The molecule has 2 N–H and O–H groups in total. The number of hydrogen-bond acceptors (Lipinski definition) is 4. The summed E-state index contributed by atoms with van der Waals surface area (Å²) >= 11 is 5.44. The van der Waals surface area contributed by atoms with Crippen molar-refractivity contribution in [1.29, 1.82) is 0 Å². The van der Waals surface area contributed by atoms with Gasteiger partial charge in [0.2, 0.25) is 0 Å². The number of nitrogens with one attached hydrogen (secondary N) is 2. The fraction of sp³-hybridized carbons (Fsp3) is 0.462. The third-order valence-corrected chi connectivity index (χ3v) is 6.62. The molecule has 0 aromatic heterocycles. The highest BCUT2D eigenvalue weighted by atomic mass is 32.1. The molecular formula is C26H34N4O2S. The van der Waals surface area contributed by atoms with E-state index in [1.54, 1.807) is 0 Å². The van der Waals surface area contributed by atoms with Crippen molar-refractivity contribution in [2.45, 2.75) is 44.8 Å². The van der Waals surface area contributed by atoms with Gasteiger partial charge in [0, 0.05) is 44.0 Å². The normalized spacial score (nSPS) is 17.4. The minimum Gasteiger partial charge on any atom is -0.490 e. The average molecular weight is 467 g/mol. The summed E-state index contributed by atoms with van der Waals surface area (Å²) < 4.78 is 6.12. The maximum Gasteiger partial charge on any atom is 0.253 e. The molecule has 2 saturated heterocycles. The lowest BCUT2D eigenvalue weighted by Gasteiger charge is -2.29. The van der Waals surface area contributed by atoms with E-state index < -0.39 is 0 Å². The number of piperidine rings is 2. The van der Waals surface area contributed by atoms with Gasteiger partial charge in [-0.15, -0.1) is 0 Å². The van der Waals surface area contributed by atoms with Gasteiger partial charge in [-0.2, -0.15) is 0 Å². The van der Waals surface area contributed by atoms with Gasteiger partial charge in [-0.1, -0.05) is 12.1 Å². The van der Waals surface area contributed by atoms with E-state index in [2.05, 4.69) is 34.7 Å². The molecule has 7 heteroatoms. The van der Waals surface area contributed by atoms with Crippen LogP contribution >= 0.6 is 12.2 Å². The molecule has 6 nitrogen and oxygen atoms in total.